The van der Waals surface area contributed by atoms with E-state index in [0.717, 1.165) is 42.8 Å². The summed E-state index contributed by atoms with van der Waals surface area (Å²) >= 11 is 0. The molecule has 34 heavy (non-hydrogen) atoms. The van der Waals surface area contributed by atoms with Crippen molar-refractivity contribution in [3.63, 3.8) is 0 Å². The number of rotatable bonds is 7. The summed E-state index contributed by atoms with van der Waals surface area (Å²) in [5, 5.41) is 6.29. The van der Waals surface area contributed by atoms with Crippen LogP contribution in [0.2, 0.25) is 0 Å². The maximum absolute atomic E-state index is 13.0. The van der Waals surface area contributed by atoms with E-state index in [2.05, 4.69) is 34.4 Å². The van der Waals surface area contributed by atoms with Gasteiger partial charge in [0.15, 0.2) is 0 Å². The van der Waals surface area contributed by atoms with E-state index in [9.17, 15) is 9.59 Å². The predicted octanol–water partition coefficient (Wildman–Crippen LogP) is 4.10. The molecular weight excluding hydrogens is 428 g/mol. The van der Waals surface area contributed by atoms with Crippen molar-refractivity contribution in [3.05, 3.63) is 53.2 Å². The highest BCUT2D eigenvalue weighted by atomic mass is 16.5. The van der Waals surface area contributed by atoms with Crippen LogP contribution in [0, 0.1) is 12.8 Å². The van der Waals surface area contributed by atoms with Gasteiger partial charge in [0.05, 0.1) is 12.7 Å². The first-order valence-electron chi connectivity index (χ1n) is 12.3. The number of benzene rings is 1. The number of pyridine rings is 1. The van der Waals surface area contributed by atoms with Crippen molar-refractivity contribution in [1.82, 2.24) is 15.6 Å². The molecule has 7 heteroatoms. The Balaban J connectivity index is 1.40. The molecule has 1 aromatic carbocycles. The summed E-state index contributed by atoms with van der Waals surface area (Å²) < 4.78 is 5.37. The van der Waals surface area contributed by atoms with Crippen molar-refractivity contribution >= 4 is 17.6 Å². The number of hydrogen-bond donors (Lipinski definition) is 2. The minimum absolute atomic E-state index is 0.0432. The van der Waals surface area contributed by atoms with E-state index in [-0.39, 0.29) is 23.9 Å². The predicted molar refractivity (Wildman–Crippen MR) is 134 cm³/mol. The minimum Gasteiger partial charge on any atom is -0.496 e. The zero-order chi connectivity index (χ0) is 24.4. The highest BCUT2D eigenvalue weighted by Gasteiger charge is 2.42. The van der Waals surface area contributed by atoms with Crippen molar-refractivity contribution in [3.8, 4) is 5.75 Å². The fourth-order valence-electron chi connectivity index (χ4n) is 5.14. The third-order valence-electron chi connectivity index (χ3n) is 7.45. The average molecular weight is 465 g/mol. The Morgan fingerprint density at radius 3 is 2.35 bits per heavy atom. The first-order valence-corrected chi connectivity index (χ1v) is 12.3. The molecule has 2 saturated heterocycles. The Kier molecular flexibility index (Phi) is 7.10. The number of anilines is 1. The molecule has 2 amide bonds. The van der Waals surface area contributed by atoms with Crippen molar-refractivity contribution in [2.75, 3.05) is 12.0 Å². The quantitative estimate of drug-likeness (QED) is 0.645. The number of nitrogens with one attached hydrogen (secondary N) is 2. The second-order valence-electron chi connectivity index (χ2n) is 9.98. The summed E-state index contributed by atoms with van der Waals surface area (Å²) in [4.78, 5) is 32.5. The molecule has 0 aliphatic carbocycles. The van der Waals surface area contributed by atoms with E-state index < -0.39 is 0 Å². The average Bonchev–Trinajstić information content (AvgIpc) is 3.09. The van der Waals surface area contributed by atoms with Crippen LogP contribution < -0.4 is 20.3 Å². The molecule has 2 N–H and O–H groups in total. The second-order valence-corrected chi connectivity index (χ2v) is 9.98. The van der Waals surface area contributed by atoms with E-state index in [0.29, 0.717) is 29.1 Å². The van der Waals surface area contributed by atoms with E-state index in [1.165, 1.54) is 0 Å². The number of methoxy groups -OCH3 is 1. The van der Waals surface area contributed by atoms with Crippen molar-refractivity contribution in [2.45, 2.75) is 77.5 Å². The van der Waals surface area contributed by atoms with Crippen LogP contribution in [0.25, 0.3) is 0 Å². The first-order chi connectivity index (χ1) is 16.3. The van der Waals surface area contributed by atoms with Crippen molar-refractivity contribution in [2.24, 2.45) is 5.92 Å². The normalized spacial score (nSPS) is 22.4. The second kappa shape index (κ2) is 10.0. The molecule has 2 aliphatic heterocycles. The monoisotopic (exact) mass is 464 g/mol. The van der Waals surface area contributed by atoms with Gasteiger partial charge in [0.2, 0.25) is 0 Å². The number of aromatic nitrogens is 1. The lowest BCUT2D eigenvalue weighted by atomic mass is 9.96. The van der Waals surface area contributed by atoms with Gasteiger partial charge in [0.1, 0.15) is 11.6 Å². The summed E-state index contributed by atoms with van der Waals surface area (Å²) in [7, 11) is 1.62. The maximum Gasteiger partial charge on any atom is 0.253 e. The summed E-state index contributed by atoms with van der Waals surface area (Å²) in [6, 6.07) is 10.3. The Bertz CT molecular complexity index is 1020. The highest BCUT2D eigenvalue weighted by molar-refractivity contribution is 5.96. The van der Waals surface area contributed by atoms with E-state index >= 15 is 0 Å². The number of piperidine rings is 1. The van der Waals surface area contributed by atoms with Crippen LogP contribution in [-0.4, -0.2) is 48.1 Å². The molecule has 0 spiro atoms. The molecule has 1 aromatic heterocycles. The molecule has 182 valence electrons. The maximum atomic E-state index is 13.0. The Morgan fingerprint density at radius 1 is 1.06 bits per heavy atom. The number of hydrogen-bond acceptors (Lipinski definition) is 5. The zero-order valence-corrected chi connectivity index (χ0v) is 20.8. The Morgan fingerprint density at radius 2 is 1.76 bits per heavy atom. The van der Waals surface area contributed by atoms with Crippen LogP contribution in [0.1, 0.15) is 72.7 Å². The minimum atomic E-state index is -0.0857. The van der Waals surface area contributed by atoms with Gasteiger partial charge < -0.3 is 20.3 Å². The lowest BCUT2D eigenvalue weighted by Gasteiger charge is -2.40. The molecule has 0 saturated carbocycles. The lowest BCUT2D eigenvalue weighted by Crippen LogP contribution is -2.50. The number of ether oxygens (including phenoxy) is 1. The fraction of sp³-hybridized carbons (Fsp3) is 0.519. The van der Waals surface area contributed by atoms with Gasteiger partial charge in [0.25, 0.3) is 11.8 Å². The van der Waals surface area contributed by atoms with Crippen LogP contribution in [0.3, 0.4) is 0 Å². The molecule has 3 heterocycles. The van der Waals surface area contributed by atoms with Gasteiger partial charge in [0, 0.05) is 41.5 Å². The fourth-order valence-corrected chi connectivity index (χ4v) is 5.14. The van der Waals surface area contributed by atoms with Gasteiger partial charge in [-0.3, -0.25) is 9.59 Å². The number of carbonyl (C=O) groups is 2. The van der Waals surface area contributed by atoms with E-state index in [1.54, 1.807) is 13.3 Å². The third kappa shape index (κ3) is 4.88. The van der Waals surface area contributed by atoms with Gasteiger partial charge in [-0.25, -0.2) is 4.98 Å². The zero-order valence-electron chi connectivity index (χ0n) is 20.8. The molecule has 2 fully saturated rings. The smallest absolute Gasteiger partial charge is 0.253 e. The van der Waals surface area contributed by atoms with Crippen molar-refractivity contribution < 1.29 is 14.3 Å². The summed E-state index contributed by atoms with van der Waals surface area (Å²) in [6.07, 6.45) is 5.63. The molecule has 2 unspecified atom stereocenters. The molecule has 2 aromatic rings. The number of carbonyl (C=O) groups excluding carboxylic acids is 2. The first kappa shape index (κ1) is 24.0. The molecule has 4 rings (SSSR count). The standard InChI is InChI=1S/C27H36N4O3/c1-16(2)18(4)29-26(32)19-9-12-25(28-15-19)31-21-10-11-22(31)14-20(13-21)30-27(33)23-7-6-8-24(34-5)17(23)3/h6-9,12,15-16,18,20-22H,10-11,13-14H2,1-5H3,(H,29,32)(H,30,33)/t18-,20?,21?,22?/m0/s1. The number of nitrogens with zero attached hydrogens (tertiary/aromatic N) is 2. The molecule has 7 nitrogen and oxygen atoms in total. The summed E-state index contributed by atoms with van der Waals surface area (Å²) in [6.45, 7) is 8.11. The molecule has 0 radical (unpaired) electrons. The van der Waals surface area contributed by atoms with E-state index in [4.69, 9.17) is 4.74 Å². The van der Waals surface area contributed by atoms with Crippen LogP contribution in [0.5, 0.6) is 5.75 Å². The number of fused-ring (bicyclic) bond motifs is 2. The molecule has 2 bridgehead atoms. The van der Waals surface area contributed by atoms with E-state index in [1.807, 2.05) is 44.2 Å². The molecule has 2 aliphatic rings. The Labute approximate surface area is 202 Å². The highest BCUT2D eigenvalue weighted by Crippen LogP contribution is 2.38. The van der Waals surface area contributed by atoms with Gasteiger partial charge in [-0.05, 0) is 69.7 Å². The van der Waals surface area contributed by atoms with Gasteiger partial charge in [-0.1, -0.05) is 19.9 Å². The lowest BCUT2D eigenvalue weighted by molar-refractivity contribution is 0.0920. The van der Waals surface area contributed by atoms with Gasteiger partial charge >= 0.3 is 0 Å². The topological polar surface area (TPSA) is 83.6 Å². The summed E-state index contributed by atoms with van der Waals surface area (Å²) in [5.41, 5.74) is 2.11. The third-order valence-corrected chi connectivity index (χ3v) is 7.45. The summed E-state index contributed by atoms with van der Waals surface area (Å²) in [5.74, 6) is 1.89. The number of amides is 2. The molecule has 3 atom stereocenters. The largest absolute Gasteiger partial charge is 0.496 e. The van der Waals surface area contributed by atoms with Crippen LogP contribution >= 0.6 is 0 Å². The van der Waals surface area contributed by atoms with Gasteiger partial charge in [-0.2, -0.15) is 0 Å². The SMILES string of the molecule is COc1cccc(C(=O)NC2CC3CCC(C2)N3c2ccc(C(=O)N[C@@H](C)C(C)C)cn2)c1C. The van der Waals surface area contributed by atoms with Crippen LogP contribution in [-0.2, 0) is 0 Å². The van der Waals surface area contributed by atoms with Crippen LogP contribution in [0.15, 0.2) is 36.5 Å². The van der Waals surface area contributed by atoms with Gasteiger partial charge in [-0.15, -0.1) is 0 Å². The Hall–Kier alpha value is -3.09. The van der Waals surface area contributed by atoms with Crippen LogP contribution in [0.4, 0.5) is 5.82 Å². The molecular formula is C27H36N4O3. The van der Waals surface area contributed by atoms with Crippen molar-refractivity contribution in [1.29, 1.82) is 0 Å².